The average Bonchev–Trinajstić information content (AvgIpc) is 2.32. The van der Waals surface area contributed by atoms with Crippen LogP contribution in [0, 0.1) is 6.92 Å². The zero-order valence-electron chi connectivity index (χ0n) is 10.6. The molecule has 0 fully saturated rings. The SMILES string of the molecule is C=CCN(CC=C)c1ncc(CNC)c(C)n1. The predicted molar refractivity (Wildman–Crippen MR) is 72.1 cm³/mol. The van der Waals surface area contributed by atoms with Gasteiger partial charge in [-0.3, -0.25) is 0 Å². The molecule has 0 amide bonds. The van der Waals surface area contributed by atoms with Crippen LogP contribution in [-0.4, -0.2) is 30.1 Å². The Kier molecular flexibility index (Phi) is 5.36. The summed E-state index contributed by atoms with van der Waals surface area (Å²) in [7, 11) is 1.91. The lowest BCUT2D eigenvalue weighted by molar-refractivity contribution is 0.788. The molecular weight excluding hydrogens is 212 g/mol. The molecule has 1 aromatic rings. The van der Waals surface area contributed by atoms with Gasteiger partial charge in [-0.2, -0.15) is 0 Å². The zero-order valence-corrected chi connectivity index (χ0v) is 10.6. The number of aryl methyl sites for hydroxylation is 1. The molecule has 0 radical (unpaired) electrons. The topological polar surface area (TPSA) is 41.1 Å². The van der Waals surface area contributed by atoms with Gasteiger partial charge in [-0.05, 0) is 14.0 Å². The molecule has 4 nitrogen and oxygen atoms in total. The molecule has 0 saturated heterocycles. The molecule has 0 aliphatic heterocycles. The maximum absolute atomic E-state index is 4.51. The monoisotopic (exact) mass is 232 g/mol. The summed E-state index contributed by atoms with van der Waals surface area (Å²) in [4.78, 5) is 10.9. The number of anilines is 1. The van der Waals surface area contributed by atoms with E-state index in [1.165, 1.54) is 0 Å². The van der Waals surface area contributed by atoms with Crippen LogP contribution >= 0.6 is 0 Å². The molecule has 1 rings (SSSR count). The second-order valence-electron chi connectivity index (χ2n) is 3.79. The summed E-state index contributed by atoms with van der Waals surface area (Å²) < 4.78 is 0. The molecule has 1 N–H and O–H groups in total. The lowest BCUT2D eigenvalue weighted by Crippen LogP contribution is -2.26. The molecule has 0 spiro atoms. The van der Waals surface area contributed by atoms with Crippen molar-refractivity contribution in [1.82, 2.24) is 15.3 Å². The van der Waals surface area contributed by atoms with Crippen LogP contribution in [0.15, 0.2) is 31.5 Å². The summed E-state index contributed by atoms with van der Waals surface area (Å²) in [6, 6.07) is 0. The van der Waals surface area contributed by atoms with Gasteiger partial charge in [-0.25, -0.2) is 9.97 Å². The quantitative estimate of drug-likeness (QED) is 0.726. The van der Waals surface area contributed by atoms with E-state index in [-0.39, 0.29) is 0 Å². The first-order valence-electron chi connectivity index (χ1n) is 5.66. The minimum atomic E-state index is 0.719. The lowest BCUT2D eigenvalue weighted by Gasteiger charge is -2.19. The Labute approximate surface area is 103 Å². The highest BCUT2D eigenvalue weighted by Gasteiger charge is 2.08. The van der Waals surface area contributed by atoms with E-state index >= 15 is 0 Å². The van der Waals surface area contributed by atoms with Crippen LogP contribution < -0.4 is 10.2 Å². The van der Waals surface area contributed by atoms with Gasteiger partial charge >= 0.3 is 0 Å². The Morgan fingerprint density at radius 1 is 1.35 bits per heavy atom. The van der Waals surface area contributed by atoms with E-state index in [1.807, 2.05) is 37.2 Å². The molecule has 1 heterocycles. The van der Waals surface area contributed by atoms with Crippen molar-refractivity contribution in [2.45, 2.75) is 13.5 Å². The minimum Gasteiger partial charge on any atom is -0.333 e. The van der Waals surface area contributed by atoms with E-state index in [9.17, 15) is 0 Å². The first kappa shape index (κ1) is 13.4. The predicted octanol–water partition coefficient (Wildman–Crippen LogP) is 1.68. The van der Waals surface area contributed by atoms with Crippen LogP contribution in [0.25, 0.3) is 0 Å². The maximum Gasteiger partial charge on any atom is 0.226 e. The Morgan fingerprint density at radius 3 is 2.47 bits per heavy atom. The van der Waals surface area contributed by atoms with Crippen molar-refractivity contribution in [2.24, 2.45) is 0 Å². The first-order valence-corrected chi connectivity index (χ1v) is 5.66. The molecular formula is C13H20N4. The van der Waals surface area contributed by atoms with Crippen molar-refractivity contribution in [3.05, 3.63) is 42.8 Å². The summed E-state index contributed by atoms with van der Waals surface area (Å²) in [6.07, 6.45) is 5.54. The zero-order chi connectivity index (χ0) is 12.7. The van der Waals surface area contributed by atoms with E-state index in [0.29, 0.717) is 0 Å². The Hall–Kier alpha value is -1.68. The van der Waals surface area contributed by atoms with Crippen molar-refractivity contribution >= 4 is 5.95 Å². The smallest absolute Gasteiger partial charge is 0.226 e. The average molecular weight is 232 g/mol. The van der Waals surface area contributed by atoms with Crippen molar-refractivity contribution in [2.75, 3.05) is 25.0 Å². The first-order chi connectivity index (χ1) is 8.22. The molecule has 0 aromatic carbocycles. The second-order valence-corrected chi connectivity index (χ2v) is 3.79. The third-order valence-corrected chi connectivity index (χ3v) is 2.42. The highest BCUT2D eigenvalue weighted by atomic mass is 15.2. The molecule has 0 atom stereocenters. The lowest BCUT2D eigenvalue weighted by atomic mass is 10.2. The molecule has 0 saturated carbocycles. The molecule has 0 aliphatic rings. The van der Waals surface area contributed by atoms with Crippen molar-refractivity contribution in [3.8, 4) is 0 Å². The van der Waals surface area contributed by atoms with E-state index < -0.39 is 0 Å². The van der Waals surface area contributed by atoms with Crippen molar-refractivity contribution < 1.29 is 0 Å². The van der Waals surface area contributed by atoms with Gasteiger partial charge in [0.2, 0.25) is 5.95 Å². The third kappa shape index (κ3) is 3.67. The van der Waals surface area contributed by atoms with Crippen LogP contribution in [0.3, 0.4) is 0 Å². The van der Waals surface area contributed by atoms with Gasteiger partial charge in [0.25, 0.3) is 0 Å². The standard InChI is InChI=1S/C13H20N4/c1-5-7-17(8-6-2)13-15-10-12(9-14-4)11(3)16-13/h5-6,10,14H,1-2,7-9H2,3-4H3. The number of hydrogen-bond acceptors (Lipinski definition) is 4. The Balaban J connectivity index is 2.92. The van der Waals surface area contributed by atoms with Crippen molar-refractivity contribution in [1.29, 1.82) is 0 Å². The Bertz CT molecular complexity index is 377. The fraction of sp³-hybridized carbons (Fsp3) is 0.385. The van der Waals surface area contributed by atoms with Gasteiger partial charge in [0.1, 0.15) is 0 Å². The van der Waals surface area contributed by atoms with E-state index in [4.69, 9.17) is 0 Å². The minimum absolute atomic E-state index is 0.719. The summed E-state index contributed by atoms with van der Waals surface area (Å²) in [5, 5.41) is 3.10. The van der Waals surface area contributed by atoms with Gasteiger partial charge in [-0.1, -0.05) is 12.2 Å². The third-order valence-electron chi connectivity index (χ3n) is 2.42. The number of aromatic nitrogens is 2. The molecule has 17 heavy (non-hydrogen) atoms. The van der Waals surface area contributed by atoms with Crippen LogP contribution in [0.1, 0.15) is 11.3 Å². The summed E-state index contributed by atoms with van der Waals surface area (Å²) in [5.41, 5.74) is 2.12. The van der Waals surface area contributed by atoms with Gasteiger partial charge in [-0.15, -0.1) is 13.2 Å². The van der Waals surface area contributed by atoms with E-state index in [2.05, 4.69) is 28.4 Å². The van der Waals surface area contributed by atoms with Gasteiger partial charge < -0.3 is 10.2 Å². The summed E-state index contributed by atoms with van der Waals surface area (Å²) in [5.74, 6) is 0.724. The maximum atomic E-state index is 4.51. The number of hydrogen-bond donors (Lipinski definition) is 1. The Morgan fingerprint density at radius 2 is 2.00 bits per heavy atom. The highest BCUT2D eigenvalue weighted by Crippen LogP contribution is 2.11. The normalized spacial score (nSPS) is 10.0. The van der Waals surface area contributed by atoms with Crippen molar-refractivity contribution in [3.63, 3.8) is 0 Å². The van der Waals surface area contributed by atoms with Crippen LogP contribution in [0.4, 0.5) is 5.95 Å². The largest absolute Gasteiger partial charge is 0.333 e. The number of rotatable bonds is 7. The molecule has 92 valence electrons. The van der Waals surface area contributed by atoms with E-state index in [1.54, 1.807) is 0 Å². The van der Waals surface area contributed by atoms with Crippen LogP contribution in [-0.2, 0) is 6.54 Å². The van der Waals surface area contributed by atoms with Gasteiger partial charge in [0.15, 0.2) is 0 Å². The fourth-order valence-corrected chi connectivity index (χ4v) is 1.55. The molecule has 0 bridgehead atoms. The molecule has 1 aromatic heterocycles. The number of nitrogens with one attached hydrogen (secondary N) is 1. The highest BCUT2D eigenvalue weighted by molar-refractivity contribution is 5.34. The fourth-order valence-electron chi connectivity index (χ4n) is 1.55. The number of nitrogens with zero attached hydrogens (tertiary/aromatic N) is 3. The second kappa shape index (κ2) is 6.81. The van der Waals surface area contributed by atoms with Gasteiger partial charge in [0.05, 0.1) is 0 Å². The molecule has 0 aliphatic carbocycles. The van der Waals surface area contributed by atoms with Crippen LogP contribution in [0.5, 0.6) is 0 Å². The molecule has 4 heteroatoms. The van der Waals surface area contributed by atoms with Gasteiger partial charge in [0, 0.05) is 37.1 Å². The molecule has 0 unspecified atom stereocenters. The summed E-state index contributed by atoms with van der Waals surface area (Å²) >= 11 is 0. The van der Waals surface area contributed by atoms with Crippen LogP contribution in [0.2, 0.25) is 0 Å². The van der Waals surface area contributed by atoms with E-state index in [0.717, 1.165) is 36.8 Å². The summed E-state index contributed by atoms with van der Waals surface area (Å²) in [6.45, 7) is 11.7.